The Morgan fingerprint density at radius 1 is 1.44 bits per heavy atom. The molecule has 1 fully saturated rings. The van der Waals surface area contributed by atoms with Crippen molar-refractivity contribution in [3.05, 3.63) is 29.8 Å². The SMILES string of the molecule is O=C(O)C1CC1COc1ccc(F)c(F)c1. The van der Waals surface area contributed by atoms with Gasteiger partial charge < -0.3 is 9.84 Å². The molecule has 0 saturated heterocycles. The minimum Gasteiger partial charge on any atom is -0.493 e. The van der Waals surface area contributed by atoms with Gasteiger partial charge in [-0.25, -0.2) is 8.78 Å². The van der Waals surface area contributed by atoms with E-state index >= 15 is 0 Å². The second kappa shape index (κ2) is 4.08. The Hall–Kier alpha value is -1.65. The van der Waals surface area contributed by atoms with E-state index in [9.17, 15) is 13.6 Å². The smallest absolute Gasteiger partial charge is 0.306 e. The summed E-state index contributed by atoms with van der Waals surface area (Å²) in [6, 6.07) is 3.25. The number of rotatable bonds is 4. The molecule has 0 radical (unpaired) electrons. The summed E-state index contributed by atoms with van der Waals surface area (Å²) in [5, 5.41) is 8.64. The van der Waals surface area contributed by atoms with Gasteiger partial charge in [0.2, 0.25) is 0 Å². The molecule has 0 aromatic heterocycles. The summed E-state index contributed by atoms with van der Waals surface area (Å²) in [4.78, 5) is 10.5. The first-order valence-corrected chi connectivity index (χ1v) is 4.88. The van der Waals surface area contributed by atoms with Crippen molar-refractivity contribution in [1.29, 1.82) is 0 Å². The van der Waals surface area contributed by atoms with Crippen LogP contribution in [-0.2, 0) is 4.79 Å². The molecular weight excluding hydrogens is 218 g/mol. The number of hydrogen-bond acceptors (Lipinski definition) is 2. The van der Waals surface area contributed by atoms with E-state index in [1.54, 1.807) is 0 Å². The zero-order valence-electron chi connectivity index (χ0n) is 8.32. The molecule has 0 heterocycles. The lowest BCUT2D eigenvalue weighted by Gasteiger charge is -2.05. The first kappa shape index (κ1) is 10.9. The van der Waals surface area contributed by atoms with E-state index < -0.39 is 17.6 Å². The molecule has 1 aliphatic rings. The standard InChI is InChI=1S/C11H10F2O3/c12-9-2-1-7(4-10(9)13)16-5-6-3-8(6)11(14)15/h1-2,4,6,8H,3,5H2,(H,14,15). The average Bonchev–Trinajstić information content (AvgIpc) is 2.99. The fraction of sp³-hybridized carbons (Fsp3) is 0.364. The second-order valence-electron chi connectivity index (χ2n) is 3.83. The number of carboxylic acids is 1. The minimum atomic E-state index is -0.969. The van der Waals surface area contributed by atoms with Crippen molar-refractivity contribution in [3.63, 3.8) is 0 Å². The molecule has 0 amide bonds. The normalized spacial score (nSPS) is 22.9. The number of carboxylic acid groups (broad SMARTS) is 1. The molecule has 16 heavy (non-hydrogen) atoms. The monoisotopic (exact) mass is 228 g/mol. The van der Waals surface area contributed by atoms with Gasteiger partial charge in [-0.1, -0.05) is 0 Å². The number of halogens is 2. The molecule has 2 unspecified atom stereocenters. The van der Waals surface area contributed by atoms with E-state index in [4.69, 9.17) is 9.84 Å². The molecule has 1 saturated carbocycles. The van der Waals surface area contributed by atoms with Gasteiger partial charge in [0.05, 0.1) is 12.5 Å². The van der Waals surface area contributed by atoms with Gasteiger partial charge in [-0.3, -0.25) is 4.79 Å². The lowest BCUT2D eigenvalue weighted by Crippen LogP contribution is -2.06. The van der Waals surface area contributed by atoms with E-state index in [1.807, 2.05) is 0 Å². The van der Waals surface area contributed by atoms with E-state index in [0.29, 0.717) is 6.42 Å². The first-order valence-electron chi connectivity index (χ1n) is 4.88. The molecular formula is C11H10F2O3. The van der Waals surface area contributed by atoms with Crippen molar-refractivity contribution in [2.75, 3.05) is 6.61 Å². The molecule has 2 atom stereocenters. The molecule has 5 heteroatoms. The Bertz CT molecular complexity index is 420. The van der Waals surface area contributed by atoms with E-state index in [0.717, 1.165) is 12.1 Å². The van der Waals surface area contributed by atoms with Gasteiger partial charge >= 0.3 is 5.97 Å². The highest BCUT2D eigenvalue weighted by atomic mass is 19.2. The van der Waals surface area contributed by atoms with Crippen molar-refractivity contribution >= 4 is 5.97 Å². The molecule has 1 aliphatic carbocycles. The Kier molecular flexibility index (Phi) is 2.77. The predicted molar refractivity (Wildman–Crippen MR) is 51.1 cm³/mol. The summed E-state index contributed by atoms with van der Waals surface area (Å²) in [7, 11) is 0. The maximum absolute atomic E-state index is 12.8. The first-order chi connectivity index (χ1) is 7.58. The predicted octanol–water partition coefficient (Wildman–Crippen LogP) is 2.06. The lowest BCUT2D eigenvalue weighted by atomic mass is 10.3. The van der Waals surface area contributed by atoms with Crippen molar-refractivity contribution in [2.45, 2.75) is 6.42 Å². The Morgan fingerprint density at radius 2 is 2.19 bits per heavy atom. The van der Waals surface area contributed by atoms with Crippen molar-refractivity contribution in [1.82, 2.24) is 0 Å². The van der Waals surface area contributed by atoms with Crippen LogP contribution in [0.1, 0.15) is 6.42 Å². The van der Waals surface area contributed by atoms with Gasteiger partial charge in [0.1, 0.15) is 5.75 Å². The van der Waals surface area contributed by atoms with Gasteiger partial charge in [0, 0.05) is 12.0 Å². The molecule has 0 aliphatic heterocycles. The number of aliphatic carboxylic acids is 1. The summed E-state index contributed by atoms with van der Waals surface area (Å²) in [6.07, 6.45) is 0.582. The second-order valence-corrected chi connectivity index (χ2v) is 3.83. The van der Waals surface area contributed by atoms with Crippen LogP contribution < -0.4 is 4.74 Å². The van der Waals surface area contributed by atoms with Crippen LogP contribution in [0.15, 0.2) is 18.2 Å². The van der Waals surface area contributed by atoms with Crippen LogP contribution in [0, 0.1) is 23.5 Å². The fourth-order valence-electron chi connectivity index (χ4n) is 1.50. The highest BCUT2D eigenvalue weighted by Crippen LogP contribution is 2.38. The molecule has 1 aromatic carbocycles. The molecule has 0 spiro atoms. The summed E-state index contributed by atoms with van der Waals surface area (Å²) < 4.78 is 30.5. The number of carbonyl (C=O) groups is 1. The van der Waals surface area contributed by atoms with Gasteiger partial charge in [-0.15, -0.1) is 0 Å². The van der Waals surface area contributed by atoms with Crippen LogP contribution in [0.4, 0.5) is 8.78 Å². The summed E-state index contributed by atoms with van der Waals surface area (Å²) >= 11 is 0. The van der Waals surface area contributed by atoms with Crippen LogP contribution in [0.2, 0.25) is 0 Å². The van der Waals surface area contributed by atoms with Gasteiger partial charge in [-0.2, -0.15) is 0 Å². The third-order valence-electron chi connectivity index (χ3n) is 2.59. The summed E-state index contributed by atoms with van der Waals surface area (Å²) in [5.74, 6) is -2.89. The van der Waals surface area contributed by atoms with Crippen LogP contribution >= 0.6 is 0 Å². The highest BCUT2D eigenvalue weighted by molar-refractivity contribution is 5.73. The zero-order chi connectivity index (χ0) is 11.7. The van der Waals surface area contributed by atoms with Crippen LogP contribution in [-0.4, -0.2) is 17.7 Å². The van der Waals surface area contributed by atoms with Crippen molar-refractivity contribution < 1.29 is 23.4 Å². The Morgan fingerprint density at radius 3 is 2.75 bits per heavy atom. The number of benzene rings is 1. The van der Waals surface area contributed by atoms with Crippen LogP contribution in [0.5, 0.6) is 5.75 Å². The largest absolute Gasteiger partial charge is 0.493 e. The Balaban J connectivity index is 1.87. The zero-order valence-corrected chi connectivity index (χ0v) is 8.32. The van der Waals surface area contributed by atoms with Crippen molar-refractivity contribution in [3.8, 4) is 5.75 Å². The molecule has 3 nitrogen and oxygen atoms in total. The lowest BCUT2D eigenvalue weighted by molar-refractivity contribution is -0.138. The number of ether oxygens (including phenoxy) is 1. The molecule has 2 rings (SSSR count). The van der Waals surface area contributed by atoms with E-state index in [2.05, 4.69) is 0 Å². The maximum atomic E-state index is 12.8. The van der Waals surface area contributed by atoms with Crippen LogP contribution in [0.25, 0.3) is 0 Å². The molecule has 1 N–H and O–H groups in total. The highest BCUT2D eigenvalue weighted by Gasteiger charge is 2.43. The molecule has 0 bridgehead atoms. The maximum Gasteiger partial charge on any atom is 0.306 e. The van der Waals surface area contributed by atoms with E-state index in [-0.39, 0.29) is 24.2 Å². The summed E-state index contributed by atoms with van der Waals surface area (Å²) in [5.41, 5.74) is 0. The van der Waals surface area contributed by atoms with Crippen molar-refractivity contribution in [2.24, 2.45) is 11.8 Å². The summed E-state index contributed by atoms with van der Waals surface area (Å²) in [6.45, 7) is 0.224. The van der Waals surface area contributed by atoms with E-state index in [1.165, 1.54) is 6.07 Å². The average molecular weight is 228 g/mol. The molecule has 86 valence electrons. The molecule has 1 aromatic rings. The Labute approximate surface area is 90.7 Å². The quantitative estimate of drug-likeness (QED) is 0.858. The van der Waals surface area contributed by atoms with Gasteiger partial charge in [0.15, 0.2) is 11.6 Å². The van der Waals surface area contributed by atoms with Crippen LogP contribution in [0.3, 0.4) is 0 Å². The third-order valence-corrected chi connectivity index (χ3v) is 2.59. The number of hydrogen-bond donors (Lipinski definition) is 1. The topological polar surface area (TPSA) is 46.5 Å². The van der Waals surface area contributed by atoms with Gasteiger partial charge in [-0.05, 0) is 18.6 Å². The minimum absolute atomic E-state index is 0.0226. The fourth-order valence-corrected chi connectivity index (χ4v) is 1.50. The third kappa shape index (κ3) is 2.29. The van der Waals surface area contributed by atoms with Gasteiger partial charge in [0.25, 0.3) is 0 Å².